The van der Waals surface area contributed by atoms with Gasteiger partial charge in [-0.15, -0.1) is 0 Å². The summed E-state index contributed by atoms with van der Waals surface area (Å²) in [6.45, 7) is 4.76. The van der Waals surface area contributed by atoms with E-state index in [0.717, 1.165) is 15.8 Å². The fourth-order valence-electron chi connectivity index (χ4n) is 4.05. The number of nitrogens with zero attached hydrogens (tertiary/aromatic N) is 3. The van der Waals surface area contributed by atoms with Gasteiger partial charge in [0.1, 0.15) is 11.5 Å². The molecule has 184 valence electrons. The Hall–Kier alpha value is -3.31. The minimum Gasteiger partial charge on any atom is -0.462 e. The number of carbonyl (C=O) groups is 3. The number of benzene rings is 2. The molecule has 1 aliphatic heterocycles. The fourth-order valence-corrected chi connectivity index (χ4v) is 6.27. The zero-order chi connectivity index (χ0) is 25.2. The molecule has 0 fully saturated rings. The van der Waals surface area contributed by atoms with Crippen molar-refractivity contribution >= 4 is 54.9 Å². The van der Waals surface area contributed by atoms with Gasteiger partial charge < -0.3 is 14.2 Å². The quantitative estimate of drug-likeness (QED) is 0.446. The van der Waals surface area contributed by atoms with Crippen LogP contribution in [-0.2, 0) is 37.1 Å². The Labute approximate surface area is 206 Å². The Bertz CT molecular complexity index is 1490. The van der Waals surface area contributed by atoms with Crippen molar-refractivity contribution in [1.82, 2.24) is 4.57 Å². The molecule has 0 bridgehead atoms. The highest BCUT2D eigenvalue weighted by molar-refractivity contribution is 7.92. The molecule has 0 saturated carbocycles. The van der Waals surface area contributed by atoms with Crippen molar-refractivity contribution in [3.8, 4) is 0 Å². The Morgan fingerprint density at radius 2 is 1.86 bits per heavy atom. The first-order chi connectivity index (χ1) is 16.7. The monoisotopic (exact) mass is 515 g/mol. The number of hydrogen-bond donors (Lipinski definition) is 0. The summed E-state index contributed by atoms with van der Waals surface area (Å²) in [6.07, 6.45) is 0.664. The topological polar surface area (TPSA) is 115 Å². The number of anilines is 1. The van der Waals surface area contributed by atoms with Crippen molar-refractivity contribution in [2.75, 3.05) is 29.6 Å². The third-order valence-corrected chi connectivity index (χ3v) is 8.02. The minimum absolute atomic E-state index is 0.257. The summed E-state index contributed by atoms with van der Waals surface area (Å²) in [6, 6.07) is 12.4. The lowest BCUT2D eigenvalue weighted by molar-refractivity contribution is -0.116. The Morgan fingerprint density at radius 1 is 1.09 bits per heavy atom. The van der Waals surface area contributed by atoms with Crippen LogP contribution in [0, 0.1) is 0 Å². The van der Waals surface area contributed by atoms with Crippen molar-refractivity contribution in [3.63, 3.8) is 0 Å². The molecule has 4 rings (SSSR count). The number of para-hydroxylation sites is 1. The maximum absolute atomic E-state index is 12.7. The van der Waals surface area contributed by atoms with Crippen LogP contribution in [0.15, 0.2) is 47.5 Å². The minimum atomic E-state index is -4.01. The van der Waals surface area contributed by atoms with Gasteiger partial charge in [0.25, 0.3) is 5.91 Å². The molecule has 0 atom stereocenters. The van der Waals surface area contributed by atoms with Gasteiger partial charge in [-0.1, -0.05) is 29.5 Å². The van der Waals surface area contributed by atoms with E-state index in [9.17, 15) is 22.8 Å². The third-order valence-electron chi connectivity index (χ3n) is 5.61. The van der Waals surface area contributed by atoms with Crippen LogP contribution in [0.1, 0.15) is 29.8 Å². The summed E-state index contributed by atoms with van der Waals surface area (Å²) in [5.74, 6) is -3.47. The van der Waals surface area contributed by atoms with Gasteiger partial charge in [0.2, 0.25) is 5.91 Å². The van der Waals surface area contributed by atoms with E-state index in [-0.39, 0.29) is 6.61 Å². The third kappa shape index (κ3) is 5.35. The summed E-state index contributed by atoms with van der Waals surface area (Å²) < 4.78 is 32.8. The number of carbonyl (C=O) groups excluding carboxylic acids is 3. The summed E-state index contributed by atoms with van der Waals surface area (Å²) in [4.78, 5) is 43.1. The van der Waals surface area contributed by atoms with Crippen LogP contribution in [0.4, 0.5) is 5.69 Å². The van der Waals surface area contributed by atoms with Crippen LogP contribution in [0.3, 0.4) is 0 Å². The standard InChI is InChI=1S/C24H25N3O6S2/c1-3-26-19-10-9-17(23(30)33-4-2)13-20(19)34-24(26)25-21(28)14-35(31,32)15-22(29)27-12-11-16-7-5-6-8-18(16)27/h5-10,13H,3-4,11-12,14-15H2,1-2H3. The van der Waals surface area contributed by atoms with E-state index in [0.29, 0.717) is 35.6 Å². The fraction of sp³-hybridized carbons (Fsp3) is 0.333. The molecule has 9 nitrogen and oxygen atoms in total. The molecule has 0 radical (unpaired) electrons. The number of aromatic nitrogens is 1. The molecule has 2 heterocycles. The van der Waals surface area contributed by atoms with Crippen molar-refractivity contribution < 1.29 is 27.5 Å². The number of aryl methyl sites for hydroxylation is 1. The second-order valence-electron chi connectivity index (χ2n) is 7.99. The molecular weight excluding hydrogens is 490 g/mol. The molecule has 0 aliphatic carbocycles. The van der Waals surface area contributed by atoms with Gasteiger partial charge in [-0.3, -0.25) is 9.59 Å². The largest absolute Gasteiger partial charge is 0.462 e. The number of sulfone groups is 1. The first-order valence-corrected chi connectivity index (χ1v) is 13.8. The molecule has 2 amide bonds. The number of ether oxygens (including phenoxy) is 1. The van der Waals surface area contributed by atoms with Crippen LogP contribution >= 0.6 is 11.3 Å². The van der Waals surface area contributed by atoms with Crippen LogP contribution in [0.5, 0.6) is 0 Å². The van der Waals surface area contributed by atoms with Gasteiger partial charge in [0, 0.05) is 18.8 Å². The molecule has 1 aromatic heterocycles. The molecular formula is C24H25N3O6S2. The second-order valence-corrected chi connectivity index (χ2v) is 11.1. The number of thiazole rings is 1. The first kappa shape index (κ1) is 24.8. The van der Waals surface area contributed by atoms with Gasteiger partial charge >= 0.3 is 5.97 Å². The van der Waals surface area contributed by atoms with E-state index in [2.05, 4.69) is 4.99 Å². The lowest BCUT2D eigenvalue weighted by Gasteiger charge is -2.17. The Morgan fingerprint density at radius 3 is 2.60 bits per heavy atom. The van der Waals surface area contributed by atoms with Gasteiger partial charge in [0.05, 0.1) is 22.4 Å². The smallest absolute Gasteiger partial charge is 0.338 e. The van der Waals surface area contributed by atoms with E-state index in [1.807, 2.05) is 19.1 Å². The summed E-state index contributed by atoms with van der Waals surface area (Å²) in [7, 11) is -4.01. The Balaban J connectivity index is 1.52. The molecule has 2 aromatic carbocycles. The Kier molecular flexibility index (Phi) is 7.18. The molecule has 0 spiro atoms. The predicted octanol–water partition coefficient (Wildman–Crippen LogP) is 2.33. The highest BCUT2D eigenvalue weighted by atomic mass is 32.2. The van der Waals surface area contributed by atoms with Crippen LogP contribution in [0.2, 0.25) is 0 Å². The van der Waals surface area contributed by atoms with Crippen molar-refractivity contribution in [2.45, 2.75) is 26.8 Å². The summed E-state index contributed by atoms with van der Waals surface area (Å²) >= 11 is 1.18. The molecule has 0 unspecified atom stereocenters. The maximum Gasteiger partial charge on any atom is 0.338 e. The highest BCUT2D eigenvalue weighted by Crippen LogP contribution is 2.27. The normalized spacial score (nSPS) is 13.8. The average molecular weight is 516 g/mol. The summed E-state index contributed by atoms with van der Waals surface area (Å²) in [5, 5.41) is 0. The number of rotatable bonds is 7. The van der Waals surface area contributed by atoms with Gasteiger partial charge in [-0.2, -0.15) is 4.99 Å². The van der Waals surface area contributed by atoms with Crippen LogP contribution in [-0.4, -0.2) is 55.4 Å². The zero-order valence-electron chi connectivity index (χ0n) is 19.4. The van der Waals surface area contributed by atoms with E-state index in [4.69, 9.17) is 4.74 Å². The molecule has 11 heteroatoms. The molecule has 1 aliphatic rings. The van der Waals surface area contributed by atoms with Crippen molar-refractivity contribution in [3.05, 3.63) is 58.4 Å². The van der Waals surface area contributed by atoms with E-state index in [1.54, 1.807) is 41.8 Å². The number of amides is 2. The molecule has 0 saturated heterocycles. The van der Waals surface area contributed by atoms with Gasteiger partial charge in [-0.25, -0.2) is 13.2 Å². The number of esters is 1. The van der Waals surface area contributed by atoms with Crippen LogP contribution < -0.4 is 9.70 Å². The van der Waals surface area contributed by atoms with E-state index < -0.39 is 39.1 Å². The molecule has 0 N–H and O–H groups in total. The average Bonchev–Trinajstić information content (AvgIpc) is 3.38. The number of hydrogen-bond acceptors (Lipinski definition) is 7. The molecule has 3 aromatic rings. The second kappa shape index (κ2) is 10.1. The highest BCUT2D eigenvalue weighted by Gasteiger charge is 2.29. The van der Waals surface area contributed by atoms with Gasteiger partial charge in [-0.05, 0) is 50.1 Å². The van der Waals surface area contributed by atoms with Gasteiger partial charge in [0.15, 0.2) is 14.6 Å². The first-order valence-electron chi connectivity index (χ1n) is 11.2. The number of fused-ring (bicyclic) bond motifs is 2. The lowest BCUT2D eigenvalue weighted by Crippen LogP contribution is -2.36. The summed E-state index contributed by atoms with van der Waals surface area (Å²) in [5.41, 5.74) is 2.85. The zero-order valence-corrected chi connectivity index (χ0v) is 21.0. The predicted molar refractivity (Wildman–Crippen MR) is 133 cm³/mol. The van der Waals surface area contributed by atoms with E-state index >= 15 is 0 Å². The lowest BCUT2D eigenvalue weighted by atomic mass is 10.2. The van der Waals surface area contributed by atoms with Crippen molar-refractivity contribution in [2.24, 2.45) is 4.99 Å². The van der Waals surface area contributed by atoms with Crippen LogP contribution in [0.25, 0.3) is 10.2 Å². The van der Waals surface area contributed by atoms with Crippen molar-refractivity contribution in [1.29, 1.82) is 0 Å². The maximum atomic E-state index is 12.7. The SMILES string of the molecule is CCOC(=O)c1ccc2c(c1)sc(=NC(=O)CS(=O)(=O)CC(=O)N1CCc3ccccc31)n2CC. The molecule has 35 heavy (non-hydrogen) atoms. The van der Waals surface area contributed by atoms with E-state index in [1.165, 1.54) is 16.2 Å².